The van der Waals surface area contributed by atoms with Crippen molar-refractivity contribution in [1.29, 1.82) is 0 Å². The van der Waals surface area contributed by atoms with Crippen molar-refractivity contribution in [3.05, 3.63) is 34.9 Å². The monoisotopic (exact) mass is 309 g/mol. The minimum absolute atomic E-state index is 0.0729. The third kappa shape index (κ3) is 4.70. The second-order valence-electron chi connectivity index (χ2n) is 5.49. The molecule has 0 aliphatic carbocycles. The summed E-state index contributed by atoms with van der Waals surface area (Å²) in [6.07, 6.45) is 0. The van der Waals surface area contributed by atoms with E-state index in [1.165, 1.54) is 0 Å². The van der Waals surface area contributed by atoms with Crippen LogP contribution in [0.25, 0.3) is 0 Å². The molecule has 0 bridgehead atoms. The van der Waals surface area contributed by atoms with Crippen LogP contribution in [-0.4, -0.2) is 54.5 Å². The lowest BCUT2D eigenvalue weighted by Gasteiger charge is -2.36. The predicted octanol–water partition coefficient (Wildman–Crippen LogP) is 1.98. The first kappa shape index (κ1) is 16.3. The van der Waals surface area contributed by atoms with Crippen LogP contribution in [0.3, 0.4) is 0 Å². The van der Waals surface area contributed by atoms with E-state index in [0.29, 0.717) is 11.6 Å². The predicted molar refractivity (Wildman–Crippen MR) is 86.4 cm³/mol. The molecule has 1 saturated heterocycles. The molecular formula is C16H24ClN3O. The highest BCUT2D eigenvalue weighted by molar-refractivity contribution is 6.30. The Morgan fingerprint density at radius 2 is 1.86 bits per heavy atom. The van der Waals surface area contributed by atoms with Crippen LogP contribution in [-0.2, 0) is 11.3 Å². The number of carbonyl (C=O) groups excluding carboxylic acids is 1. The lowest BCUT2D eigenvalue weighted by atomic mass is 10.2. The number of rotatable bonds is 5. The first-order valence-electron chi connectivity index (χ1n) is 7.58. The summed E-state index contributed by atoms with van der Waals surface area (Å²) in [6.45, 7) is 9.82. The number of hydrogen-bond donors (Lipinski definition) is 1. The van der Waals surface area contributed by atoms with Gasteiger partial charge in [-0.3, -0.25) is 9.69 Å². The molecule has 1 heterocycles. The summed E-state index contributed by atoms with van der Waals surface area (Å²) in [6, 6.07) is 7.49. The lowest BCUT2D eigenvalue weighted by Crippen LogP contribution is -2.53. The van der Waals surface area contributed by atoms with E-state index in [-0.39, 0.29) is 11.9 Å². The molecule has 116 valence electrons. The minimum atomic E-state index is -0.0729. The second-order valence-corrected chi connectivity index (χ2v) is 5.93. The Kier molecular flexibility index (Phi) is 6.03. The normalized spacial score (nSPS) is 18.4. The van der Waals surface area contributed by atoms with Crippen molar-refractivity contribution in [3.63, 3.8) is 0 Å². The fourth-order valence-corrected chi connectivity index (χ4v) is 2.70. The fourth-order valence-electron chi connectivity index (χ4n) is 2.57. The summed E-state index contributed by atoms with van der Waals surface area (Å²) in [7, 11) is 0. The van der Waals surface area contributed by atoms with E-state index in [1.807, 2.05) is 31.2 Å². The van der Waals surface area contributed by atoms with Gasteiger partial charge in [-0.05, 0) is 31.2 Å². The first-order chi connectivity index (χ1) is 10.1. The molecule has 0 aromatic heterocycles. The summed E-state index contributed by atoms with van der Waals surface area (Å²) in [5.41, 5.74) is 1.07. The highest BCUT2D eigenvalue weighted by Gasteiger charge is 2.24. The number of amides is 1. The van der Waals surface area contributed by atoms with Crippen molar-refractivity contribution in [2.75, 3.05) is 32.7 Å². The minimum Gasteiger partial charge on any atom is -0.351 e. The Morgan fingerprint density at radius 1 is 1.24 bits per heavy atom. The Hall–Kier alpha value is -1.10. The maximum Gasteiger partial charge on any atom is 0.237 e. The Labute approximate surface area is 132 Å². The van der Waals surface area contributed by atoms with E-state index >= 15 is 0 Å². The lowest BCUT2D eigenvalue weighted by molar-refractivity contribution is -0.126. The molecule has 1 N–H and O–H groups in total. The van der Waals surface area contributed by atoms with Crippen molar-refractivity contribution >= 4 is 17.5 Å². The van der Waals surface area contributed by atoms with Gasteiger partial charge in [0.15, 0.2) is 0 Å². The number of piperazine rings is 1. The Bertz CT molecular complexity index is 455. The zero-order valence-electron chi connectivity index (χ0n) is 12.8. The standard InChI is InChI=1S/C16H24ClN3O/c1-3-19-8-10-20(11-9-19)13(2)16(21)18-12-14-4-6-15(17)7-5-14/h4-7,13H,3,8-12H2,1-2H3,(H,18,21). The zero-order chi connectivity index (χ0) is 15.2. The van der Waals surface area contributed by atoms with Crippen LogP contribution in [0, 0.1) is 0 Å². The summed E-state index contributed by atoms with van der Waals surface area (Å²) in [4.78, 5) is 16.9. The van der Waals surface area contributed by atoms with Gasteiger partial charge in [-0.2, -0.15) is 0 Å². The van der Waals surface area contributed by atoms with Gasteiger partial charge in [-0.1, -0.05) is 30.7 Å². The van der Waals surface area contributed by atoms with E-state index in [4.69, 9.17) is 11.6 Å². The molecule has 1 atom stereocenters. The smallest absolute Gasteiger partial charge is 0.237 e. The molecule has 0 spiro atoms. The number of halogens is 1. The number of likely N-dealkylation sites (N-methyl/N-ethyl adjacent to an activating group) is 1. The van der Waals surface area contributed by atoms with Gasteiger partial charge in [-0.25, -0.2) is 0 Å². The van der Waals surface area contributed by atoms with Crippen LogP contribution in [0.2, 0.25) is 5.02 Å². The van der Waals surface area contributed by atoms with E-state index in [2.05, 4.69) is 22.0 Å². The average Bonchev–Trinajstić information content (AvgIpc) is 2.53. The van der Waals surface area contributed by atoms with Crippen LogP contribution in [0.15, 0.2) is 24.3 Å². The maximum atomic E-state index is 12.2. The van der Waals surface area contributed by atoms with Gasteiger partial charge in [0.05, 0.1) is 6.04 Å². The van der Waals surface area contributed by atoms with Gasteiger partial charge in [0.25, 0.3) is 0 Å². The summed E-state index contributed by atoms with van der Waals surface area (Å²) < 4.78 is 0. The molecule has 1 aromatic rings. The van der Waals surface area contributed by atoms with Crippen molar-refractivity contribution in [1.82, 2.24) is 15.1 Å². The highest BCUT2D eigenvalue weighted by Crippen LogP contribution is 2.10. The third-order valence-corrected chi connectivity index (χ3v) is 4.41. The maximum absolute atomic E-state index is 12.2. The molecule has 21 heavy (non-hydrogen) atoms. The van der Waals surface area contributed by atoms with Crippen molar-refractivity contribution in [2.24, 2.45) is 0 Å². The number of hydrogen-bond acceptors (Lipinski definition) is 3. The molecule has 1 aliphatic heterocycles. The molecule has 0 radical (unpaired) electrons. The van der Waals surface area contributed by atoms with E-state index in [9.17, 15) is 4.79 Å². The molecule has 5 heteroatoms. The Balaban J connectivity index is 1.78. The Morgan fingerprint density at radius 3 is 2.43 bits per heavy atom. The van der Waals surface area contributed by atoms with E-state index in [0.717, 1.165) is 38.3 Å². The molecule has 2 rings (SSSR count). The molecule has 1 amide bonds. The van der Waals surface area contributed by atoms with Crippen LogP contribution >= 0.6 is 11.6 Å². The molecule has 1 unspecified atom stereocenters. The number of nitrogens with one attached hydrogen (secondary N) is 1. The van der Waals surface area contributed by atoms with Crippen LogP contribution in [0.5, 0.6) is 0 Å². The second kappa shape index (κ2) is 7.78. The number of carbonyl (C=O) groups is 1. The molecule has 1 aliphatic rings. The summed E-state index contributed by atoms with van der Waals surface area (Å²) >= 11 is 5.85. The summed E-state index contributed by atoms with van der Waals surface area (Å²) in [5, 5.41) is 3.72. The molecule has 4 nitrogen and oxygen atoms in total. The van der Waals surface area contributed by atoms with Gasteiger partial charge in [0.2, 0.25) is 5.91 Å². The SMILES string of the molecule is CCN1CCN(C(C)C(=O)NCc2ccc(Cl)cc2)CC1. The molecule has 1 aromatic carbocycles. The average molecular weight is 310 g/mol. The quantitative estimate of drug-likeness (QED) is 0.903. The van der Waals surface area contributed by atoms with Crippen LogP contribution < -0.4 is 5.32 Å². The number of nitrogens with zero attached hydrogens (tertiary/aromatic N) is 2. The zero-order valence-corrected chi connectivity index (χ0v) is 13.6. The molecule has 1 fully saturated rings. The number of benzene rings is 1. The van der Waals surface area contributed by atoms with Gasteiger partial charge < -0.3 is 10.2 Å². The highest BCUT2D eigenvalue weighted by atomic mass is 35.5. The molecule has 0 saturated carbocycles. The van der Waals surface area contributed by atoms with E-state index in [1.54, 1.807) is 0 Å². The van der Waals surface area contributed by atoms with Crippen LogP contribution in [0.1, 0.15) is 19.4 Å². The fraction of sp³-hybridized carbons (Fsp3) is 0.562. The summed E-state index contributed by atoms with van der Waals surface area (Å²) in [5.74, 6) is 0.0925. The van der Waals surface area contributed by atoms with Gasteiger partial charge in [-0.15, -0.1) is 0 Å². The first-order valence-corrected chi connectivity index (χ1v) is 7.96. The molecular weight excluding hydrogens is 286 g/mol. The van der Waals surface area contributed by atoms with E-state index < -0.39 is 0 Å². The van der Waals surface area contributed by atoms with Crippen molar-refractivity contribution in [2.45, 2.75) is 26.4 Å². The topological polar surface area (TPSA) is 35.6 Å². The van der Waals surface area contributed by atoms with Gasteiger partial charge in [0.1, 0.15) is 0 Å². The van der Waals surface area contributed by atoms with Gasteiger partial charge in [0, 0.05) is 37.7 Å². The van der Waals surface area contributed by atoms with Crippen molar-refractivity contribution in [3.8, 4) is 0 Å². The van der Waals surface area contributed by atoms with Crippen LogP contribution in [0.4, 0.5) is 0 Å². The largest absolute Gasteiger partial charge is 0.351 e. The van der Waals surface area contributed by atoms with Crippen molar-refractivity contribution < 1.29 is 4.79 Å². The van der Waals surface area contributed by atoms with Gasteiger partial charge >= 0.3 is 0 Å². The third-order valence-electron chi connectivity index (χ3n) is 4.16.